The van der Waals surface area contributed by atoms with Crippen molar-refractivity contribution in [1.82, 2.24) is 4.90 Å². The molecular weight excluding hydrogens is 378 g/mol. The van der Waals surface area contributed by atoms with E-state index in [4.69, 9.17) is 4.74 Å². The summed E-state index contributed by atoms with van der Waals surface area (Å²) in [7, 11) is 1.55. The Labute approximate surface area is 177 Å². The van der Waals surface area contributed by atoms with Crippen molar-refractivity contribution in [2.45, 2.75) is 38.6 Å². The Bertz CT molecular complexity index is 929. The van der Waals surface area contributed by atoms with E-state index in [0.717, 1.165) is 31.8 Å². The van der Waals surface area contributed by atoms with Crippen LogP contribution in [0.3, 0.4) is 0 Å². The largest absolute Gasteiger partial charge is 0.469 e. The lowest BCUT2D eigenvalue weighted by molar-refractivity contribution is -0.154. The van der Waals surface area contributed by atoms with E-state index in [2.05, 4.69) is 54.3 Å². The fourth-order valence-corrected chi connectivity index (χ4v) is 6.63. The summed E-state index contributed by atoms with van der Waals surface area (Å²) < 4.78 is 5.26. The minimum Gasteiger partial charge on any atom is -0.469 e. The molecule has 29 heavy (non-hydrogen) atoms. The third-order valence-electron chi connectivity index (χ3n) is 7.19. The van der Waals surface area contributed by atoms with Crippen molar-refractivity contribution < 1.29 is 9.53 Å². The van der Waals surface area contributed by atoms with Gasteiger partial charge in [-0.15, -0.1) is 11.3 Å². The van der Waals surface area contributed by atoms with Crippen LogP contribution >= 0.6 is 11.3 Å². The quantitative estimate of drug-likeness (QED) is 0.638. The van der Waals surface area contributed by atoms with Crippen LogP contribution in [-0.2, 0) is 9.53 Å². The minimum absolute atomic E-state index is 0.00498. The summed E-state index contributed by atoms with van der Waals surface area (Å²) in [5, 5.41) is 0. The molecule has 0 N–H and O–H groups in total. The summed E-state index contributed by atoms with van der Waals surface area (Å²) in [4.78, 5) is 18.0. The summed E-state index contributed by atoms with van der Waals surface area (Å²) in [6, 6.07) is 13.6. The highest BCUT2D eigenvalue weighted by molar-refractivity contribution is 7.15. The van der Waals surface area contributed by atoms with Crippen LogP contribution < -0.4 is 0 Å². The normalized spacial score (nSPS) is 32.2. The lowest BCUT2D eigenvalue weighted by Gasteiger charge is -2.52. The fourth-order valence-electron chi connectivity index (χ4n) is 5.76. The first kappa shape index (κ1) is 19.1. The van der Waals surface area contributed by atoms with Crippen LogP contribution in [0.5, 0.6) is 0 Å². The maximum atomic E-state index is 12.7. The number of piperidine rings is 2. The van der Waals surface area contributed by atoms with Gasteiger partial charge in [-0.3, -0.25) is 9.69 Å². The average Bonchev–Trinajstić information content (AvgIpc) is 3.15. The summed E-state index contributed by atoms with van der Waals surface area (Å²) in [6.45, 7) is 4.29. The van der Waals surface area contributed by atoms with Crippen molar-refractivity contribution in [3.63, 3.8) is 0 Å². The van der Waals surface area contributed by atoms with Crippen LogP contribution in [0, 0.1) is 24.7 Å². The van der Waals surface area contributed by atoms with Crippen LogP contribution in [0.2, 0.25) is 0 Å². The molecule has 1 saturated carbocycles. The molecule has 3 nitrogen and oxygen atoms in total. The molecule has 1 aromatic heterocycles. The van der Waals surface area contributed by atoms with E-state index >= 15 is 0 Å². The van der Waals surface area contributed by atoms with Gasteiger partial charge in [-0.25, -0.2) is 0 Å². The molecule has 0 spiro atoms. The molecule has 5 fully saturated rings. The number of carbonyl (C=O) groups is 1. The molecule has 0 amide bonds. The van der Waals surface area contributed by atoms with Gasteiger partial charge in [0.2, 0.25) is 0 Å². The number of esters is 1. The van der Waals surface area contributed by atoms with Crippen molar-refractivity contribution in [3.8, 4) is 10.4 Å². The molecule has 1 aromatic carbocycles. The van der Waals surface area contributed by atoms with E-state index in [1.54, 1.807) is 7.11 Å². The van der Waals surface area contributed by atoms with Crippen molar-refractivity contribution in [2.24, 2.45) is 17.8 Å². The van der Waals surface area contributed by atoms with Gasteiger partial charge in [0, 0.05) is 28.9 Å². The summed E-state index contributed by atoms with van der Waals surface area (Å²) >= 11 is 1.84. The third kappa shape index (κ3) is 3.57. The van der Waals surface area contributed by atoms with Gasteiger partial charge in [0.05, 0.1) is 13.0 Å². The first-order chi connectivity index (χ1) is 14.1. The predicted molar refractivity (Wildman–Crippen MR) is 119 cm³/mol. The Morgan fingerprint density at radius 3 is 2.62 bits per heavy atom. The number of rotatable bonds is 3. The first-order valence-corrected chi connectivity index (χ1v) is 11.6. The van der Waals surface area contributed by atoms with Gasteiger partial charge < -0.3 is 4.74 Å². The Balaban J connectivity index is 1.45. The van der Waals surface area contributed by atoms with Gasteiger partial charge in [-0.1, -0.05) is 35.9 Å². The molecule has 5 heterocycles. The van der Waals surface area contributed by atoms with Crippen LogP contribution in [0.25, 0.3) is 16.5 Å². The van der Waals surface area contributed by atoms with Crippen LogP contribution in [0.15, 0.2) is 42.0 Å². The number of hydrogen-bond donors (Lipinski definition) is 0. The summed E-state index contributed by atoms with van der Waals surface area (Å²) in [6.07, 6.45) is 7.10. The summed E-state index contributed by atoms with van der Waals surface area (Å²) in [5.74, 6) is 1.11. The molecule has 4 bridgehead atoms. The zero-order chi connectivity index (χ0) is 20.0. The second-order valence-corrected chi connectivity index (χ2v) is 10.2. The molecule has 7 rings (SSSR count). The average molecular weight is 408 g/mol. The molecule has 2 aromatic rings. The molecule has 5 aliphatic rings. The van der Waals surface area contributed by atoms with Gasteiger partial charge in [-0.05, 0) is 67.7 Å². The highest BCUT2D eigenvalue weighted by Crippen LogP contribution is 2.46. The Kier molecular flexibility index (Phi) is 5.09. The molecule has 4 saturated heterocycles. The highest BCUT2D eigenvalue weighted by atomic mass is 32.1. The maximum Gasteiger partial charge on any atom is 0.310 e. The van der Waals surface area contributed by atoms with E-state index in [9.17, 15) is 4.79 Å². The van der Waals surface area contributed by atoms with Gasteiger partial charge in [-0.2, -0.15) is 0 Å². The Morgan fingerprint density at radius 1 is 1.10 bits per heavy atom. The number of fused-ring (bicyclic) bond motifs is 2. The molecule has 4 aliphatic heterocycles. The maximum absolute atomic E-state index is 12.7. The smallest absolute Gasteiger partial charge is 0.310 e. The molecule has 5 atom stereocenters. The number of methoxy groups -OCH3 is 1. The second-order valence-electron chi connectivity index (χ2n) is 8.92. The monoisotopic (exact) mass is 407 g/mol. The van der Waals surface area contributed by atoms with Crippen LogP contribution in [0.1, 0.15) is 36.1 Å². The van der Waals surface area contributed by atoms with E-state index in [-0.39, 0.29) is 11.9 Å². The number of aryl methyl sites for hydroxylation is 1. The topological polar surface area (TPSA) is 29.5 Å². The third-order valence-corrected chi connectivity index (χ3v) is 8.24. The van der Waals surface area contributed by atoms with Gasteiger partial charge in [0.15, 0.2) is 0 Å². The van der Waals surface area contributed by atoms with Gasteiger partial charge >= 0.3 is 5.97 Å². The number of thiophene rings is 1. The summed E-state index contributed by atoms with van der Waals surface area (Å²) in [5.41, 5.74) is 3.92. The van der Waals surface area contributed by atoms with E-state index in [0.29, 0.717) is 12.0 Å². The minimum atomic E-state index is -0.0145. The van der Waals surface area contributed by atoms with Gasteiger partial charge in [0.1, 0.15) is 0 Å². The number of hydrogen-bond acceptors (Lipinski definition) is 4. The van der Waals surface area contributed by atoms with Crippen molar-refractivity contribution >= 4 is 23.4 Å². The van der Waals surface area contributed by atoms with E-state index < -0.39 is 0 Å². The Hall–Kier alpha value is -1.91. The van der Waals surface area contributed by atoms with E-state index in [1.165, 1.54) is 39.3 Å². The fraction of sp³-hybridized carbons (Fsp3) is 0.480. The van der Waals surface area contributed by atoms with E-state index in [1.807, 2.05) is 11.3 Å². The lowest BCUT2D eigenvalue weighted by atomic mass is 9.66. The molecule has 152 valence electrons. The van der Waals surface area contributed by atoms with Crippen molar-refractivity contribution in [2.75, 3.05) is 20.2 Å². The van der Waals surface area contributed by atoms with Crippen molar-refractivity contribution in [3.05, 3.63) is 52.4 Å². The number of ether oxygens (including phenoxy) is 1. The molecule has 4 heteroatoms. The second kappa shape index (κ2) is 7.73. The van der Waals surface area contributed by atoms with Crippen LogP contribution in [-0.4, -0.2) is 37.1 Å². The first-order valence-electron chi connectivity index (χ1n) is 10.8. The molecule has 1 aliphatic carbocycles. The lowest BCUT2D eigenvalue weighted by Crippen LogP contribution is -2.58. The van der Waals surface area contributed by atoms with Crippen molar-refractivity contribution in [1.29, 1.82) is 0 Å². The van der Waals surface area contributed by atoms with Crippen LogP contribution in [0.4, 0.5) is 0 Å². The SMILES string of the molecule is COC(=O)C1C2CCC3CCC1N(C/C2=C\c1ccc(-c2ccc(C)s2)cc1)C3. The zero-order valence-electron chi connectivity index (χ0n) is 17.3. The zero-order valence-corrected chi connectivity index (χ0v) is 18.1. The molecule has 5 unspecified atom stereocenters. The molecular formula is C25H29NO2S. The standard InChI is InChI=1S/C25H29NO2S/c1-16-3-12-23(29-16)19-8-4-17(5-9-19)13-20-15-26-14-18-6-10-21(20)24(25(27)28-2)22(26)11-7-18/h3-5,8-9,12-13,18,21-22,24H,6-7,10-11,14-15H2,1-2H3/b20-13+. The number of nitrogens with zero attached hydrogens (tertiary/aromatic N) is 1. The number of benzene rings is 1. The predicted octanol–water partition coefficient (Wildman–Crippen LogP) is 5.40. The Morgan fingerprint density at radius 2 is 1.90 bits per heavy atom. The van der Waals surface area contributed by atoms with Gasteiger partial charge in [0.25, 0.3) is 0 Å². The number of carbonyl (C=O) groups excluding carboxylic acids is 1. The molecule has 0 radical (unpaired) electrons. The highest BCUT2D eigenvalue weighted by Gasteiger charge is 2.49.